The number of nitrogens with zero attached hydrogens (tertiary/aromatic N) is 5. The summed E-state index contributed by atoms with van der Waals surface area (Å²) < 4.78 is 29.6. The summed E-state index contributed by atoms with van der Waals surface area (Å²) in [6, 6.07) is 3.04. The molecule has 9 heteroatoms. The Kier molecular flexibility index (Phi) is 5.25. The molecule has 1 fully saturated rings. The molecule has 4 heterocycles. The molecule has 31 heavy (non-hydrogen) atoms. The van der Waals surface area contributed by atoms with Crippen LogP contribution in [0.1, 0.15) is 37.9 Å². The lowest BCUT2D eigenvalue weighted by Crippen LogP contribution is -2.41. The maximum absolute atomic E-state index is 13.9. The fourth-order valence-electron chi connectivity index (χ4n) is 4.57. The predicted molar refractivity (Wildman–Crippen MR) is 113 cm³/mol. The van der Waals surface area contributed by atoms with E-state index in [4.69, 9.17) is 4.98 Å². The van der Waals surface area contributed by atoms with Crippen LogP contribution in [0.2, 0.25) is 0 Å². The molecule has 0 saturated carbocycles. The maximum Gasteiger partial charge on any atom is 0.229 e. The van der Waals surface area contributed by atoms with Gasteiger partial charge in [0.1, 0.15) is 23.8 Å². The molecular weight excluding hydrogens is 402 g/mol. The van der Waals surface area contributed by atoms with Crippen molar-refractivity contribution in [1.82, 2.24) is 19.5 Å². The zero-order valence-corrected chi connectivity index (χ0v) is 17.2. The summed E-state index contributed by atoms with van der Waals surface area (Å²) in [5.74, 6) is -0.145. The number of amides is 1. The van der Waals surface area contributed by atoms with Crippen LogP contribution in [0.3, 0.4) is 0 Å². The van der Waals surface area contributed by atoms with E-state index in [-0.39, 0.29) is 17.5 Å². The second kappa shape index (κ2) is 8.20. The van der Waals surface area contributed by atoms with Gasteiger partial charge in [-0.3, -0.25) is 4.79 Å². The summed E-state index contributed by atoms with van der Waals surface area (Å²) in [7, 11) is 0. The number of halogens is 2. The SMILES string of the molecule is O=C(Nc1cc(F)ccc1F)[C@H]1CCCN(c2ncnc3c2nc2n3CCCCC2)C1. The fraction of sp³-hybridized carbons (Fsp3) is 0.455. The Morgan fingerprint density at radius 3 is 2.90 bits per heavy atom. The van der Waals surface area contributed by atoms with E-state index in [0.717, 1.165) is 79.8 Å². The average Bonchev–Trinajstić information content (AvgIpc) is 2.97. The molecule has 0 unspecified atom stereocenters. The van der Waals surface area contributed by atoms with E-state index in [1.165, 1.54) is 6.42 Å². The molecule has 1 atom stereocenters. The highest BCUT2D eigenvalue weighted by Crippen LogP contribution is 2.30. The Balaban J connectivity index is 1.38. The second-order valence-electron chi connectivity index (χ2n) is 8.26. The Bertz CT molecular complexity index is 1130. The summed E-state index contributed by atoms with van der Waals surface area (Å²) >= 11 is 0. The zero-order valence-electron chi connectivity index (χ0n) is 17.2. The van der Waals surface area contributed by atoms with E-state index in [9.17, 15) is 13.6 Å². The van der Waals surface area contributed by atoms with Crippen molar-refractivity contribution in [1.29, 1.82) is 0 Å². The van der Waals surface area contributed by atoms with E-state index in [0.29, 0.717) is 13.0 Å². The number of imidazole rings is 1. The van der Waals surface area contributed by atoms with E-state index in [1.54, 1.807) is 6.33 Å². The third-order valence-corrected chi connectivity index (χ3v) is 6.15. The van der Waals surface area contributed by atoms with Gasteiger partial charge in [0.25, 0.3) is 0 Å². The van der Waals surface area contributed by atoms with Crippen molar-refractivity contribution in [2.24, 2.45) is 5.92 Å². The highest BCUT2D eigenvalue weighted by molar-refractivity contribution is 5.93. The number of hydrogen-bond donors (Lipinski definition) is 1. The van der Waals surface area contributed by atoms with Gasteiger partial charge in [0.05, 0.1) is 11.6 Å². The van der Waals surface area contributed by atoms with Gasteiger partial charge >= 0.3 is 0 Å². The highest BCUT2D eigenvalue weighted by atomic mass is 19.1. The summed E-state index contributed by atoms with van der Waals surface area (Å²) in [5, 5.41) is 2.54. The average molecular weight is 426 g/mol. The summed E-state index contributed by atoms with van der Waals surface area (Å²) in [5.41, 5.74) is 1.48. The van der Waals surface area contributed by atoms with E-state index >= 15 is 0 Å². The highest BCUT2D eigenvalue weighted by Gasteiger charge is 2.29. The molecule has 1 amide bonds. The predicted octanol–water partition coefficient (Wildman–Crippen LogP) is 3.69. The van der Waals surface area contributed by atoms with E-state index in [2.05, 4.69) is 24.8 Å². The lowest BCUT2D eigenvalue weighted by atomic mass is 9.97. The Morgan fingerprint density at radius 1 is 1.10 bits per heavy atom. The monoisotopic (exact) mass is 426 g/mol. The normalized spacial score (nSPS) is 19.2. The molecule has 1 aromatic carbocycles. The van der Waals surface area contributed by atoms with Crippen molar-refractivity contribution in [2.75, 3.05) is 23.3 Å². The summed E-state index contributed by atoms with van der Waals surface area (Å²) in [6.45, 7) is 2.11. The molecule has 3 aromatic rings. The van der Waals surface area contributed by atoms with Gasteiger partial charge in [0.15, 0.2) is 17.0 Å². The van der Waals surface area contributed by atoms with Crippen molar-refractivity contribution in [3.05, 3.63) is 42.0 Å². The van der Waals surface area contributed by atoms with Gasteiger partial charge in [-0.1, -0.05) is 6.42 Å². The number of carbonyl (C=O) groups excluding carboxylic acids is 1. The molecule has 5 rings (SSSR count). The molecule has 162 valence electrons. The quantitative estimate of drug-likeness (QED) is 0.691. The first-order valence-electron chi connectivity index (χ1n) is 10.8. The van der Waals surface area contributed by atoms with Crippen LogP contribution in [0.25, 0.3) is 11.2 Å². The Labute approximate surface area is 178 Å². The molecule has 0 spiro atoms. The minimum atomic E-state index is -0.653. The van der Waals surface area contributed by atoms with Crippen molar-refractivity contribution < 1.29 is 13.6 Å². The lowest BCUT2D eigenvalue weighted by Gasteiger charge is -2.32. The molecule has 0 aliphatic carbocycles. The Hall–Kier alpha value is -3.10. The summed E-state index contributed by atoms with van der Waals surface area (Å²) in [6.07, 6.45) is 7.38. The molecule has 2 aromatic heterocycles. The van der Waals surface area contributed by atoms with Crippen LogP contribution in [0.5, 0.6) is 0 Å². The van der Waals surface area contributed by atoms with Crippen molar-refractivity contribution in [3.63, 3.8) is 0 Å². The first kappa shape index (κ1) is 19.8. The van der Waals surface area contributed by atoms with Crippen molar-refractivity contribution in [3.8, 4) is 0 Å². The third kappa shape index (κ3) is 3.84. The first-order chi connectivity index (χ1) is 15.1. The first-order valence-corrected chi connectivity index (χ1v) is 10.8. The van der Waals surface area contributed by atoms with Crippen molar-refractivity contribution >= 4 is 28.6 Å². The van der Waals surface area contributed by atoms with Gasteiger partial charge in [0, 0.05) is 32.1 Å². The van der Waals surface area contributed by atoms with Gasteiger partial charge in [-0.15, -0.1) is 0 Å². The number of hydrogen-bond acceptors (Lipinski definition) is 5. The van der Waals surface area contributed by atoms with Crippen LogP contribution in [0.4, 0.5) is 20.3 Å². The van der Waals surface area contributed by atoms with Gasteiger partial charge < -0.3 is 14.8 Å². The van der Waals surface area contributed by atoms with Crippen LogP contribution in [-0.2, 0) is 17.8 Å². The van der Waals surface area contributed by atoms with Crippen LogP contribution >= 0.6 is 0 Å². The number of nitrogens with one attached hydrogen (secondary N) is 1. The smallest absolute Gasteiger partial charge is 0.229 e. The number of anilines is 2. The topological polar surface area (TPSA) is 75.9 Å². The maximum atomic E-state index is 13.9. The van der Waals surface area contributed by atoms with Crippen LogP contribution in [-0.4, -0.2) is 38.5 Å². The molecule has 7 nitrogen and oxygen atoms in total. The zero-order chi connectivity index (χ0) is 21.4. The lowest BCUT2D eigenvalue weighted by molar-refractivity contribution is -0.120. The minimum absolute atomic E-state index is 0.135. The molecule has 2 aliphatic heterocycles. The van der Waals surface area contributed by atoms with E-state index < -0.39 is 11.6 Å². The molecule has 0 bridgehead atoms. The number of benzene rings is 1. The number of carbonyl (C=O) groups is 1. The number of piperidine rings is 1. The number of fused-ring (bicyclic) bond motifs is 3. The minimum Gasteiger partial charge on any atom is -0.354 e. The van der Waals surface area contributed by atoms with Gasteiger partial charge in [-0.25, -0.2) is 23.7 Å². The number of rotatable bonds is 3. The van der Waals surface area contributed by atoms with Gasteiger partial charge in [-0.05, 0) is 37.8 Å². The van der Waals surface area contributed by atoms with Crippen LogP contribution in [0.15, 0.2) is 24.5 Å². The third-order valence-electron chi connectivity index (χ3n) is 6.15. The Morgan fingerprint density at radius 2 is 2.00 bits per heavy atom. The molecule has 1 saturated heterocycles. The number of aryl methyl sites for hydroxylation is 2. The fourth-order valence-corrected chi connectivity index (χ4v) is 4.57. The number of aromatic nitrogens is 4. The second-order valence-corrected chi connectivity index (χ2v) is 8.26. The standard InChI is InChI=1S/C22H24F2N6O/c23-15-7-8-16(24)17(11-15)27-22(31)14-5-4-9-29(12-14)20-19-21(26-13-25-20)30-10-3-1-2-6-18(30)28-19/h7-8,11,13-14H,1-6,9-10,12H2,(H,27,31)/t14-/m0/s1. The van der Waals surface area contributed by atoms with Crippen LogP contribution in [0, 0.1) is 17.6 Å². The van der Waals surface area contributed by atoms with E-state index in [1.807, 2.05) is 0 Å². The van der Waals surface area contributed by atoms with Gasteiger partial charge in [0.2, 0.25) is 5.91 Å². The summed E-state index contributed by atoms with van der Waals surface area (Å²) in [4.78, 5) is 28.7. The largest absolute Gasteiger partial charge is 0.354 e. The molecule has 0 radical (unpaired) electrons. The van der Waals surface area contributed by atoms with Gasteiger partial charge in [-0.2, -0.15) is 0 Å². The van der Waals surface area contributed by atoms with Crippen molar-refractivity contribution in [2.45, 2.75) is 45.1 Å². The molecule has 2 aliphatic rings. The van der Waals surface area contributed by atoms with Crippen LogP contribution < -0.4 is 10.2 Å². The molecule has 1 N–H and O–H groups in total. The molecular formula is C22H24F2N6O.